The molecule has 0 spiro atoms. The normalized spacial score (nSPS) is 20.3. The number of ether oxygens (including phenoxy) is 1. The van der Waals surface area contributed by atoms with E-state index in [1.165, 1.54) is 0 Å². The number of nitrogens with two attached hydrogens (primary N) is 1. The van der Waals surface area contributed by atoms with Crippen molar-refractivity contribution in [2.45, 2.75) is 25.7 Å². The highest BCUT2D eigenvalue weighted by molar-refractivity contribution is 7.23. The number of thiophene rings is 1. The molecular formula is C27H26ClFN8OS. The van der Waals surface area contributed by atoms with E-state index in [4.69, 9.17) is 32.0 Å². The van der Waals surface area contributed by atoms with Gasteiger partial charge in [0.25, 0.3) is 0 Å². The molecule has 2 saturated heterocycles. The first-order valence-electron chi connectivity index (χ1n) is 13.0. The molecule has 0 bridgehead atoms. The zero-order chi connectivity index (χ0) is 26.8. The maximum atomic E-state index is 14.7. The molecule has 2 fully saturated rings. The number of nitrogen functional groups attached to an aromatic ring is 1. The number of anilines is 2. The first kappa shape index (κ1) is 24.9. The summed E-state index contributed by atoms with van der Waals surface area (Å²) in [6, 6.07) is 2.60. The summed E-state index contributed by atoms with van der Waals surface area (Å²) in [7, 11) is 2.17. The van der Waals surface area contributed by atoms with Crippen LogP contribution < -0.4 is 10.6 Å². The van der Waals surface area contributed by atoms with E-state index in [1.54, 1.807) is 0 Å². The fourth-order valence-corrected chi connectivity index (χ4v) is 7.37. The van der Waals surface area contributed by atoms with Gasteiger partial charge in [0.2, 0.25) is 5.95 Å². The fourth-order valence-electron chi connectivity index (χ4n) is 6.10. The van der Waals surface area contributed by atoms with Crippen molar-refractivity contribution < 1.29 is 9.13 Å². The van der Waals surface area contributed by atoms with E-state index in [0.29, 0.717) is 52.4 Å². The predicted molar refractivity (Wildman–Crippen MR) is 150 cm³/mol. The molecule has 3 aromatic heterocycles. The van der Waals surface area contributed by atoms with Crippen LogP contribution in [0.15, 0.2) is 12.4 Å². The minimum Gasteiger partial charge on any atom is -0.389 e. The molecule has 0 aliphatic carbocycles. The first-order chi connectivity index (χ1) is 18.9. The molecule has 7 rings (SSSR count). The summed E-state index contributed by atoms with van der Waals surface area (Å²) in [4.78, 5) is 21.3. The molecule has 3 aliphatic rings. The Kier molecular flexibility index (Phi) is 6.06. The molecule has 1 atom stereocenters. The van der Waals surface area contributed by atoms with Crippen LogP contribution in [0.25, 0.3) is 32.2 Å². The summed E-state index contributed by atoms with van der Waals surface area (Å²) in [5, 5.41) is 11.7. The number of benzene rings is 1. The van der Waals surface area contributed by atoms with E-state index >= 15 is 0 Å². The van der Waals surface area contributed by atoms with Crippen molar-refractivity contribution in [3.63, 3.8) is 0 Å². The zero-order valence-electron chi connectivity index (χ0n) is 21.4. The van der Waals surface area contributed by atoms with Crippen LogP contribution in [0, 0.1) is 17.1 Å². The third-order valence-corrected chi connectivity index (χ3v) is 9.63. The lowest BCUT2D eigenvalue weighted by molar-refractivity contribution is 0.120. The lowest BCUT2D eigenvalue weighted by Crippen LogP contribution is -2.49. The molecule has 3 aliphatic heterocycles. The number of fused-ring (bicyclic) bond motifs is 4. The largest absolute Gasteiger partial charge is 0.389 e. The minimum atomic E-state index is -0.523. The van der Waals surface area contributed by atoms with Crippen LogP contribution in [0.5, 0.6) is 0 Å². The maximum Gasteiger partial charge on any atom is 0.225 e. The van der Waals surface area contributed by atoms with Gasteiger partial charge < -0.3 is 20.3 Å². The predicted octanol–water partition coefficient (Wildman–Crippen LogP) is 4.01. The number of likely N-dealkylation sites (N-methyl/N-ethyl adjacent to an activating group) is 1. The molecule has 200 valence electrons. The highest BCUT2D eigenvalue weighted by Gasteiger charge is 2.32. The van der Waals surface area contributed by atoms with Crippen LogP contribution >= 0.6 is 22.9 Å². The zero-order valence-corrected chi connectivity index (χ0v) is 22.9. The molecular weight excluding hydrogens is 539 g/mol. The minimum absolute atomic E-state index is 0.205. The topological polar surface area (TPSA) is 107 Å². The second-order valence-corrected chi connectivity index (χ2v) is 11.8. The number of piperazine rings is 1. The monoisotopic (exact) mass is 564 g/mol. The van der Waals surface area contributed by atoms with E-state index in [-0.39, 0.29) is 15.3 Å². The third kappa shape index (κ3) is 3.93. The summed E-state index contributed by atoms with van der Waals surface area (Å²) >= 11 is 8.16. The number of halogens is 2. The van der Waals surface area contributed by atoms with Crippen LogP contribution in [0.2, 0.25) is 5.02 Å². The third-order valence-electron chi connectivity index (χ3n) is 8.23. The summed E-state index contributed by atoms with van der Waals surface area (Å²) in [5.74, 6) is 0.117. The fraction of sp³-hybridized carbons (Fsp3) is 0.407. The van der Waals surface area contributed by atoms with Crippen LogP contribution in [-0.2, 0) is 18.0 Å². The number of rotatable bonds is 3. The van der Waals surface area contributed by atoms with Gasteiger partial charge in [-0.1, -0.05) is 11.6 Å². The van der Waals surface area contributed by atoms with Gasteiger partial charge in [0.15, 0.2) is 5.82 Å². The number of pyridine rings is 1. The van der Waals surface area contributed by atoms with E-state index in [9.17, 15) is 9.65 Å². The SMILES string of the molecule is CN1CCN([C@@H]2CCN(c3ncc4c5c(c(-c6ncc(F)c7sc(N)c(C#N)c67)c(Cl)c4n3)COC5)C2)CC1. The average molecular weight is 565 g/mol. The highest BCUT2D eigenvalue weighted by Crippen LogP contribution is 2.47. The maximum absolute atomic E-state index is 14.7. The molecule has 39 heavy (non-hydrogen) atoms. The van der Waals surface area contributed by atoms with Crippen molar-refractivity contribution in [3.8, 4) is 17.3 Å². The Hall–Kier alpha value is -3.14. The molecule has 6 heterocycles. The smallest absolute Gasteiger partial charge is 0.225 e. The van der Waals surface area contributed by atoms with Gasteiger partial charge in [-0.25, -0.2) is 14.4 Å². The van der Waals surface area contributed by atoms with Gasteiger partial charge >= 0.3 is 0 Å². The summed E-state index contributed by atoms with van der Waals surface area (Å²) in [6.45, 7) is 6.77. The summed E-state index contributed by atoms with van der Waals surface area (Å²) in [6.07, 6.45) is 4.06. The first-order valence-corrected chi connectivity index (χ1v) is 14.2. The van der Waals surface area contributed by atoms with Crippen molar-refractivity contribution in [1.29, 1.82) is 5.26 Å². The molecule has 9 nitrogen and oxygen atoms in total. The van der Waals surface area contributed by atoms with Crippen LogP contribution in [0.3, 0.4) is 0 Å². The Morgan fingerprint density at radius 2 is 1.95 bits per heavy atom. The van der Waals surface area contributed by atoms with Gasteiger partial charge in [0, 0.05) is 67.8 Å². The number of aromatic nitrogens is 3. The molecule has 0 radical (unpaired) electrons. The number of nitrogens with zero attached hydrogens (tertiary/aromatic N) is 7. The van der Waals surface area contributed by atoms with Crippen molar-refractivity contribution in [1.82, 2.24) is 24.8 Å². The second kappa shape index (κ2) is 9.50. The van der Waals surface area contributed by atoms with Gasteiger partial charge in [-0.05, 0) is 24.6 Å². The van der Waals surface area contributed by atoms with E-state index in [1.807, 2.05) is 6.20 Å². The van der Waals surface area contributed by atoms with Crippen LogP contribution in [0.4, 0.5) is 15.3 Å². The Labute approximate surface area is 233 Å². The number of hydrogen-bond donors (Lipinski definition) is 1. The van der Waals surface area contributed by atoms with Gasteiger partial charge in [-0.15, -0.1) is 11.3 Å². The van der Waals surface area contributed by atoms with Crippen molar-refractivity contribution in [2.24, 2.45) is 0 Å². The molecule has 0 amide bonds. The van der Waals surface area contributed by atoms with Crippen LogP contribution in [-0.4, -0.2) is 77.1 Å². The molecule has 0 unspecified atom stereocenters. The number of nitriles is 1. The van der Waals surface area contributed by atoms with E-state index < -0.39 is 5.82 Å². The van der Waals surface area contributed by atoms with Crippen molar-refractivity contribution in [3.05, 3.63) is 39.9 Å². The standard InChI is InChI=1S/C27H26ClFN8OS/c1-35-4-6-36(7-5-35)14-2-3-37(11-14)27-33-9-16-17-12-38-13-18(17)20(22(28)23(16)34-27)24-21-15(8-30)26(31)39-25(21)19(29)10-32-24/h9-10,14H,2-7,11-13,31H2,1H3/t14-/m1/s1. The molecule has 4 aromatic rings. The summed E-state index contributed by atoms with van der Waals surface area (Å²) < 4.78 is 20.9. The van der Waals surface area contributed by atoms with E-state index in [0.717, 1.165) is 79.7 Å². The second-order valence-electron chi connectivity index (χ2n) is 10.4. The quantitative estimate of drug-likeness (QED) is 0.395. The van der Waals surface area contributed by atoms with Crippen molar-refractivity contribution >= 4 is 54.9 Å². The van der Waals surface area contributed by atoms with Gasteiger partial charge in [0.05, 0.1) is 45.9 Å². The van der Waals surface area contributed by atoms with Gasteiger partial charge in [-0.3, -0.25) is 9.88 Å². The lowest BCUT2D eigenvalue weighted by Gasteiger charge is -2.36. The van der Waals surface area contributed by atoms with Crippen LogP contribution in [0.1, 0.15) is 23.1 Å². The molecule has 12 heteroatoms. The Balaban J connectivity index is 1.34. The van der Waals surface area contributed by atoms with Gasteiger partial charge in [-0.2, -0.15) is 5.26 Å². The molecule has 2 N–H and O–H groups in total. The summed E-state index contributed by atoms with van der Waals surface area (Å²) in [5.41, 5.74) is 9.72. The Bertz CT molecular complexity index is 1680. The molecule has 1 aromatic carbocycles. The van der Waals surface area contributed by atoms with E-state index in [2.05, 4.69) is 32.8 Å². The average Bonchev–Trinajstić information content (AvgIpc) is 3.69. The highest BCUT2D eigenvalue weighted by atomic mass is 35.5. The Morgan fingerprint density at radius 1 is 1.15 bits per heavy atom. The Morgan fingerprint density at radius 3 is 2.74 bits per heavy atom. The van der Waals surface area contributed by atoms with Gasteiger partial charge in [0.1, 0.15) is 11.1 Å². The lowest BCUT2D eigenvalue weighted by atomic mass is 9.94. The van der Waals surface area contributed by atoms with Crippen molar-refractivity contribution in [2.75, 3.05) is 56.9 Å². The molecule has 0 saturated carbocycles. The number of hydrogen-bond acceptors (Lipinski definition) is 10.